The van der Waals surface area contributed by atoms with Gasteiger partial charge in [-0.15, -0.1) is 0 Å². The summed E-state index contributed by atoms with van der Waals surface area (Å²) >= 11 is 0. The highest BCUT2D eigenvalue weighted by Crippen LogP contribution is 2.49. The molecule has 0 bridgehead atoms. The molecule has 2 aliphatic rings. The minimum atomic E-state index is -0.665. The van der Waals surface area contributed by atoms with Crippen LogP contribution in [-0.2, 0) is 6.42 Å². The molecule has 22 heavy (non-hydrogen) atoms. The summed E-state index contributed by atoms with van der Waals surface area (Å²) < 4.78 is 6.96. The van der Waals surface area contributed by atoms with Crippen molar-refractivity contribution in [2.75, 3.05) is 0 Å². The minimum absolute atomic E-state index is 0.0380. The van der Waals surface area contributed by atoms with Crippen molar-refractivity contribution in [3.8, 4) is 11.3 Å². The smallest absolute Gasteiger partial charge is 0.137 e. The SMILES string of the molecule is O[C@H]1c2nonc2CC[C@@H]1C1c2ccccc2-c2cncn21. The Hall–Kier alpha value is -2.47. The number of aryl methyl sites for hydroxylation is 1. The Balaban J connectivity index is 1.65. The summed E-state index contributed by atoms with van der Waals surface area (Å²) in [5.74, 6) is 0.0380. The van der Waals surface area contributed by atoms with E-state index < -0.39 is 6.10 Å². The first-order chi connectivity index (χ1) is 10.8. The lowest BCUT2D eigenvalue weighted by molar-refractivity contribution is 0.0662. The van der Waals surface area contributed by atoms with E-state index in [1.54, 1.807) is 0 Å². The fourth-order valence-corrected chi connectivity index (χ4v) is 3.92. The fourth-order valence-electron chi connectivity index (χ4n) is 3.92. The van der Waals surface area contributed by atoms with Gasteiger partial charge in [-0.1, -0.05) is 34.6 Å². The zero-order chi connectivity index (χ0) is 14.7. The number of rotatable bonds is 1. The van der Waals surface area contributed by atoms with Crippen molar-refractivity contribution in [2.24, 2.45) is 5.92 Å². The van der Waals surface area contributed by atoms with Crippen molar-refractivity contribution in [3.63, 3.8) is 0 Å². The molecule has 1 aliphatic heterocycles. The maximum Gasteiger partial charge on any atom is 0.137 e. The third-order valence-electron chi connectivity index (χ3n) is 4.91. The van der Waals surface area contributed by atoms with E-state index in [4.69, 9.17) is 4.63 Å². The molecule has 0 amide bonds. The Morgan fingerprint density at radius 1 is 1.23 bits per heavy atom. The van der Waals surface area contributed by atoms with E-state index in [0.29, 0.717) is 5.69 Å². The molecule has 110 valence electrons. The van der Waals surface area contributed by atoms with Crippen molar-refractivity contribution in [3.05, 3.63) is 53.7 Å². The predicted molar refractivity (Wildman–Crippen MR) is 76.9 cm³/mol. The van der Waals surface area contributed by atoms with Gasteiger partial charge < -0.3 is 9.67 Å². The van der Waals surface area contributed by atoms with Gasteiger partial charge in [-0.05, 0) is 18.4 Å². The average Bonchev–Trinajstić information content (AvgIpc) is 3.23. The molecule has 3 atom stereocenters. The molecule has 1 unspecified atom stereocenters. The van der Waals surface area contributed by atoms with Gasteiger partial charge in [0.15, 0.2) is 0 Å². The van der Waals surface area contributed by atoms with Crippen LogP contribution in [0.25, 0.3) is 11.3 Å². The molecular formula is C16H14N4O2. The molecule has 3 aromatic rings. The Labute approximate surface area is 126 Å². The average molecular weight is 294 g/mol. The van der Waals surface area contributed by atoms with Gasteiger partial charge in [-0.25, -0.2) is 9.61 Å². The summed E-state index contributed by atoms with van der Waals surface area (Å²) in [6, 6.07) is 8.41. The molecule has 0 saturated carbocycles. The Kier molecular flexibility index (Phi) is 2.35. The van der Waals surface area contributed by atoms with Gasteiger partial charge in [-0.2, -0.15) is 0 Å². The summed E-state index contributed by atoms with van der Waals surface area (Å²) in [6.07, 6.45) is 4.70. The molecule has 2 aromatic heterocycles. The molecular weight excluding hydrogens is 280 g/mol. The zero-order valence-corrected chi connectivity index (χ0v) is 11.8. The molecule has 6 heteroatoms. The van der Waals surface area contributed by atoms with Crippen LogP contribution in [-0.4, -0.2) is 25.0 Å². The molecule has 0 saturated heterocycles. The van der Waals surface area contributed by atoms with Crippen molar-refractivity contribution in [2.45, 2.75) is 25.0 Å². The molecule has 1 N–H and O–H groups in total. The zero-order valence-electron chi connectivity index (χ0n) is 11.8. The maximum atomic E-state index is 10.8. The Morgan fingerprint density at radius 2 is 2.14 bits per heavy atom. The second kappa shape index (κ2) is 4.27. The molecule has 6 nitrogen and oxygen atoms in total. The van der Waals surface area contributed by atoms with Crippen LogP contribution in [0.15, 0.2) is 41.4 Å². The van der Waals surface area contributed by atoms with E-state index in [1.165, 1.54) is 11.1 Å². The quantitative estimate of drug-likeness (QED) is 0.744. The van der Waals surface area contributed by atoms with Gasteiger partial charge in [0, 0.05) is 11.5 Å². The number of aliphatic hydroxyl groups is 1. The van der Waals surface area contributed by atoms with Crippen molar-refractivity contribution in [1.29, 1.82) is 0 Å². The highest BCUT2D eigenvalue weighted by Gasteiger charge is 2.42. The van der Waals surface area contributed by atoms with Crippen LogP contribution in [0.1, 0.15) is 35.5 Å². The Morgan fingerprint density at radius 3 is 3.09 bits per heavy atom. The number of aliphatic hydroxyl groups excluding tert-OH is 1. The van der Waals surface area contributed by atoms with Gasteiger partial charge in [-0.3, -0.25) is 0 Å². The van der Waals surface area contributed by atoms with Crippen LogP contribution in [0.5, 0.6) is 0 Å². The molecule has 1 aliphatic carbocycles. The van der Waals surface area contributed by atoms with Gasteiger partial charge in [0.25, 0.3) is 0 Å². The summed E-state index contributed by atoms with van der Waals surface area (Å²) in [5.41, 5.74) is 4.91. The third kappa shape index (κ3) is 1.45. The number of aromatic nitrogens is 4. The normalized spacial score (nSPS) is 25.6. The van der Waals surface area contributed by atoms with Crippen LogP contribution in [0, 0.1) is 5.92 Å². The van der Waals surface area contributed by atoms with Crippen LogP contribution in [0.4, 0.5) is 0 Å². The van der Waals surface area contributed by atoms with E-state index in [0.717, 1.165) is 24.2 Å². The van der Waals surface area contributed by atoms with Crippen LogP contribution in [0.3, 0.4) is 0 Å². The van der Waals surface area contributed by atoms with Gasteiger partial charge in [0.2, 0.25) is 0 Å². The van der Waals surface area contributed by atoms with E-state index in [2.05, 4.69) is 32.0 Å². The first-order valence-corrected chi connectivity index (χ1v) is 7.45. The number of fused-ring (bicyclic) bond motifs is 4. The second-order valence-corrected chi connectivity index (χ2v) is 5.96. The van der Waals surface area contributed by atoms with Crippen LogP contribution in [0.2, 0.25) is 0 Å². The molecule has 1 aromatic carbocycles. The molecule has 5 rings (SSSR count). The topological polar surface area (TPSA) is 77.0 Å². The first kappa shape index (κ1) is 12.1. The van der Waals surface area contributed by atoms with Crippen molar-refractivity contribution < 1.29 is 9.74 Å². The molecule has 0 fully saturated rings. The largest absolute Gasteiger partial charge is 0.386 e. The highest BCUT2D eigenvalue weighted by atomic mass is 16.6. The van der Waals surface area contributed by atoms with Crippen molar-refractivity contribution >= 4 is 0 Å². The maximum absolute atomic E-state index is 10.8. The third-order valence-corrected chi connectivity index (χ3v) is 4.91. The lowest BCUT2D eigenvalue weighted by Gasteiger charge is -2.32. The van der Waals surface area contributed by atoms with Crippen LogP contribution >= 0.6 is 0 Å². The van der Waals surface area contributed by atoms with E-state index in [1.807, 2.05) is 24.7 Å². The number of hydrogen-bond acceptors (Lipinski definition) is 5. The van der Waals surface area contributed by atoms with Gasteiger partial charge in [0.1, 0.15) is 17.5 Å². The lowest BCUT2D eigenvalue weighted by Crippen LogP contribution is -2.28. The monoisotopic (exact) mass is 294 g/mol. The van der Waals surface area contributed by atoms with Crippen LogP contribution < -0.4 is 0 Å². The second-order valence-electron chi connectivity index (χ2n) is 5.96. The fraction of sp³-hybridized carbons (Fsp3) is 0.312. The van der Waals surface area contributed by atoms with E-state index in [9.17, 15) is 5.11 Å². The van der Waals surface area contributed by atoms with E-state index >= 15 is 0 Å². The summed E-state index contributed by atoms with van der Waals surface area (Å²) in [7, 11) is 0. The first-order valence-electron chi connectivity index (χ1n) is 7.45. The predicted octanol–water partition coefficient (Wildman–Crippen LogP) is 2.13. The standard InChI is InChI=1S/C16H14N4O2/c21-16-11(5-6-12-14(16)19-22-18-12)15-10-4-2-1-3-9(10)13-7-17-8-20(13)15/h1-4,7-8,11,15-16,21H,5-6H2/t11-,15?,16-/m1/s1. The van der Waals surface area contributed by atoms with Gasteiger partial charge >= 0.3 is 0 Å². The van der Waals surface area contributed by atoms with E-state index in [-0.39, 0.29) is 12.0 Å². The lowest BCUT2D eigenvalue weighted by atomic mass is 9.79. The van der Waals surface area contributed by atoms with Gasteiger partial charge in [0.05, 0.1) is 24.3 Å². The van der Waals surface area contributed by atoms with Crippen molar-refractivity contribution in [1.82, 2.24) is 19.9 Å². The summed E-state index contributed by atoms with van der Waals surface area (Å²) in [4.78, 5) is 4.28. The highest BCUT2D eigenvalue weighted by molar-refractivity contribution is 5.69. The molecule has 0 spiro atoms. The number of hydrogen-bond donors (Lipinski definition) is 1. The number of imidazole rings is 1. The summed E-state index contributed by atoms with van der Waals surface area (Å²) in [6.45, 7) is 0. The molecule has 3 heterocycles. The number of nitrogens with zero attached hydrogens (tertiary/aromatic N) is 4. The summed E-state index contributed by atoms with van der Waals surface area (Å²) in [5, 5.41) is 18.5. The number of benzene rings is 1. The molecule has 0 radical (unpaired) electrons. The Bertz CT molecular complexity index is 853. The minimum Gasteiger partial charge on any atom is -0.386 e.